The zero-order valence-electron chi connectivity index (χ0n) is 11.5. The number of pyridine rings is 1. The largest absolute Gasteiger partial charge is 0.397 e. The Morgan fingerprint density at radius 2 is 2.15 bits per heavy atom. The molecule has 0 aliphatic carbocycles. The van der Waals surface area contributed by atoms with Crippen LogP contribution in [0.4, 0.5) is 11.4 Å². The second-order valence-corrected chi connectivity index (χ2v) is 5.88. The van der Waals surface area contributed by atoms with E-state index in [1.54, 1.807) is 0 Å². The number of nitrogen functional groups attached to an aromatic ring is 1. The van der Waals surface area contributed by atoms with Crippen molar-refractivity contribution in [1.82, 2.24) is 9.88 Å². The number of aromatic nitrogens is 1. The Bertz CT molecular complexity index is 639. The molecular formula is C16H20N4. The third-order valence-corrected chi connectivity index (χ3v) is 4.77. The Kier molecular flexibility index (Phi) is 2.77. The molecule has 0 radical (unpaired) electrons. The first-order valence-electron chi connectivity index (χ1n) is 7.47. The van der Waals surface area contributed by atoms with E-state index in [1.165, 1.54) is 32.4 Å². The van der Waals surface area contributed by atoms with Crippen molar-refractivity contribution in [2.45, 2.75) is 31.3 Å². The van der Waals surface area contributed by atoms with Crippen LogP contribution in [0.25, 0.3) is 10.9 Å². The van der Waals surface area contributed by atoms with Crippen LogP contribution in [0.1, 0.15) is 19.3 Å². The molecule has 3 heterocycles. The summed E-state index contributed by atoms with van der Waals surface area (Å²) >= 11 is 0. The van der Waals surface area contributed by atoms with E-state index < -0.39 is 0 Å². The molecule has 0 amide bonds. The molecule has 1 aromatic heterocycles. The first kappa shape index (κ1) is 12.0. The van der Waals surface area contributed by atoms with Crippen LogP contribution in [0.5, 0.6) is 0 Å². The van der Waals surface area contributed by atoms with Gasteiger partial charge in [0, 0.05) is 30.2 Å². The highest BCUT2D eigenvalue weighted by Gasteiger charge is 2.37. The average molecular weight is 268 g/mol. The van der Waals surface area contributed by atoms with Crippen LogP contribution in [0, 0.1) is 0 Å². The Morgan fingerprint density at radius 3 is 3.10 bits per heavy atom. The standard InChI is InChI=1S/C16H20N4/c17-16-11-3-1-8-18-12(11)5-6-14(16)19-13-7-10-20-9-2-4-15(13)20/h1,3,5-6,8,13,15,19H,2,4,7,9-10,17H2. The maximum atomic E-state index is 6.32. The molecule has 0 bridgehead atoms. The fourth-order valence-corrected chi connectivity index (χ4v) is 3.75. The zero-order chi connectivity index (χ0) is 13.5. The topological polar surface area (TPSA) is 54.2 Å². The van der Waals surface area contributed by atoms with E-state index in [1.807, 2.05) is 18.3 Å². The van der Waals surface area contributed by atoms with E-state index in [0.29, 0.717) is 12.1 Å². The summed E-state index contributed by atoms with van der Waals surface area (Å²) in [6, 6.07) is 9.33. The number of anilines is 2. The van der Waals surface area contributed by atoms with Crippen LogP contribution < -0.4 is 11.1 Å². The minimum Gasteiger partial charge on any atom is -0.397 e. The third-order valence-electron chi connectivity index (χ3n) is 4.77. The molecular weight excluding hydrogens is 248 g/mol. The van der Waals surface area contributed by atoms with Crippen molar-refractivity contribution in [1.29, 1.82) is 0 Å². The molecule has 4 heteroatoms. The van der Waals surface area contributed by atoms with Gasteiger partial charge in [0.2, 0.25) is 0 Å². The Hall–Kier alpha value is -1.81. The molecule has 2 fully saturated rings. The molecule has 4 nitrogen and oxygen atoms in total. The van der Waals surface area contributed by atoms with Crippen LogP contribution in [0.15, 0.2) is 30.5 Å². The molecule has 1 aromatic carbocycles. The third kappa shape index (κ3) is 1.83. The number of benzene rings is 1. The van der Waals surface area contributed by atoms with Gasteiger partial charge >= 0.3 is 0 Å². The Morgan fingerprint density at radius 1 is 1.20 bits per heavy atom. The Labute approximate surface area is 119 Å². The molecule has 2 aromatic rings. The number of nitrogens with one attached hydrogen (secondary N) is 1. The van der Waals surface area contributed by atoms with Gasteiger partial charge in [-0.3, -0.25) is 9.88 Å². The van der Waals surface area contributed by atoms with E-state index in [0.717, 1.165) is 22.3 Å². The van der Waals surface area contributed by atoms with Crippen LogP contribution in [-0.4, -0.2) is 35.1 Å². The zero-order valence-corrected chi connectivity index (χ0v) is 11.5. The van der Waals surface area contributed by atoms with Crippen molar-refractivity contribution < 1.29 is 0 Å². The summed E-state index contributed by atoms with van der Waals surface area (Å²) < 4.78 is 0. The van der Waals surface area contributed by atoms with E-state index in [9.17, 15) is 0 Å². The number of nitrogens with two attached hydrogens (primary N) is 1. The van der Waals surface area contributed by atoms with Crippen molar-refractivity contribution in [3.8, 4) is 0 Å². The minimum absolute atomic E-state index is 0.536. The molecule has 2 aliphatic rings. The van der Waals surface area contributed by atoms with Gasteiger partial charge in [-0.2, -0.15) is 0 Å². The monoisotopic (exact) mass is 268 g/mol. The highest BCUT2D eigenvalue weighted by atomic mass is 15.2. The van der Waals surface area contributed by atoms with Gasteiger partial charge in [-0.25, -0.2) is 0 Å². The Balaban J connectivity index is 1.64. The van der Waals surface area contributed by atoms with E-state index in [-0.39, 0.29) is 0 Å². The molecule has 104 valence electrons. The molecule has 2 unspecified atom stereocenters. The highest BCUT2D eigenvalue weighted by molar-refractivity contribution is 5.96. The van der Waals surface area contributed by atoms with E-state index in [4.69, 9.17) is 5.73 Å². The summed E-state index contributed by atoms with van der Waals surface area (Å²) in [5.41, 5.74) is 9.17. The number of fused-ring (bicyclic) bond motifs is 2. The van der Waals surface area contributed by atoms with Gasteiger partial charge in [-0.1, -0.05) is 0 Å². The first-order chi connectivity index (χ1) is 9.83. The maximum absolute atomic E-state index is 6.32. The van der Waals surface area contributed by atoms with Crippen LogP contribution in [-0.2, 0) is 0 Å². The molecule has 2 saturated heterocycles. The lowest BCUT2D eigenvalue weighted by atomic mass is 10.1. The van der Waals surface area contributed by atoms with Crippen LogP contribution in [0.2, 0.25) is 0 Å². The summed E-state index contributed by atoms with van der Waals surface area (Å²) in [4.78, 5) is 6.96. The first-order valence-corrected chi connectivity index (χ1v) is 7.47. The molecule has 3 N–H and O–H groups in total. The van der Waals surface area contributed by atoms with Gasteiger partial charge in [-0.05, 0) is 50.1 Å². The van der Waals surface area contributed by atoms with Crippen molar-refractivity contribution >= 4 is 22.3 Å². The van der Waals surface area contributed by atoms with E-state index >= 15 is 0 Å². The smallest absolute Gasteiger partial charge is 0.0724 e. The van der Waals surface area contributed by atoms with Crippen molar-refractivity contribution in [2.75, 3.05) is 24.1 Å². The molecule has 0 saturated carbocycles. The van der Waals surface area contributed by atoms with Gasteiger partial charge in [-0.15, -0.1) is 0 Å². The van der Waals surface area contributed by atoms with Gasteiger partial charge in [0.1, 0.15) is 0 Å². The quantitative estimate of drug-likeness (QED) is 0.822. The summed E-state index contributed by atoms with van der Waals surface area (Å²) in [7, 11) is 0. The van der Waals surface area contributed by atoms with Crippen molar-refractivity contribution in [2.24, 2.45) is 0 Å². The molecule has 20 heavy (non-hydrogen) atoms. The van der Waals surface area contributed by atoms with Crippen LogP contribution >= 0.6 is 0 Å². The lowest BCUT2D eigenvalue weighted by Crippen LogP contribution is -2.33. The molecule has 0 spiro atoms. The van der Waals surface area contributed by atoms with Gasteiger partial charge in [0.05, 0.1) is 16.9 Å². The minimum atomic E-state index is 0.536. The lowest BCUT2D eigenvalue weighted by Gasteiger charge is -2.23. The average Bonchev–Trinajstić information content (AvgIpc) is 3.07. The van der Waals surface area contributed by atoms with Crippen molar-refractivity contribution in [3.63, 3.8) is 0 Å². The summed E-state index contributed by atoms with van der Waals surface area (Å²) in [5.74, 6) is 0. The second kappa shape index (κ2) is 4.63. The fourth-order valence-electron chi connectivity index (χ4n) is 3.75. The molecule has 2 aliphatic heterocycles. The highest BCUT2D eigenvalue weighted by Crippen LogP contribution is 2.33. The maximum Gasteiger partial charge on any atom is 0.0724 e. The van der Waals surface area contributed by atoms with Crippen LogP contribution in [0.3, 0.4) is 0 Å². The predicted molar refractivity (Wildman–Crippen MR) is 82.8 cm³/mol. The van der Waals surface area contributed by atoms with E-state index in [2.05, 4.69) is 27.3 Å². The summed E-state index contributed by atoms with van der Waals surface area (Å²) in [6.45, 7) is 2.48. The summed E-state index contributed by atoms with van der Waals surface area (Å²) in [5, 5.41) is 4.72. The number of hydrogen-bond acceptors (Lipinski definition) is 4. The van der Waals surface area contributed by atoms with Gasteiger partial charge in [0.25, 0.3) is 0 Å². The number of nitrogens with zero attached hydrogens (tertiary/aromatic N) is 2. The summed E-state index contributed by atoms with van der Waals surface area (Å²) in [6.07, 6.45) is 5.67. The number of rotatable bonds is 2. The van der Waals surface area contributed by atoms with Gasteiger partial charge < -0.3 is 11.1 Å². The normalized spacial score (nSPS) is 26.0. The van der Waals surface area contributed by atoms with Crippen molar-refractivity contribution in [3.05, 3.63) is 30.5 Å². The molecule has 2 atom stereocenters. The lowest BCUT2D eigenvalue weighted by molar-refractivity contribution is 0.318. The fraction of sp³-hybridized carbons (Fsp3) is 0.438. The predicted octanol–water partition coefficient (Wildman–Crippen LogP) is 2.47. The molecule has 4 rings (SSSR count). The van der Waals surface area contributed by atoms with Gasteiger partial charge in [0.15, 0.2) is 0 Å². The second-order valence-electron chi connectivity index (χ2n) is 5.88. The SMILES string of the molecule is Nc1c(NC2CCN3CCCC23)ccc2ncccc12. The number of hydrogen-bond donors (Lipinski definition) is 2.